The summed E-state index contributed by atoms with van der Waals surface area (Å²) in [4.78, 5) is 7.64. The van der Waals surface area contributed by atoms with Crippen LogP contribution in [0.25, 0.3) is 11.0 Å². The maximum Gasteiger partial charge on any atom is 0.300 e. The molecule has 2 heterocycles. The van der Waals surface area contributed by atoms with Crippen molar-refractivity contribution in [3.63, 3.8) is 0 Å². The summed E-state index contributed by atoms with van der Waals surface area (Å²) in [5, 5.41) is 3.67. The van der Waals surface area contributed by atoms with Gasteiger partial charge in [0.2, 0.25) is 0 Å². The van der Waals surface area contributed by atoms with Gasteiger partial charge in [-0.15, -0.1) is 0 Å². The van der Waals surface area contributed by atoms with Crippen molar-refractivity contribution in [1.29, 1.82) is 0 Å². The van der Waals surface area contributed by atoms with Gasteiger partial charge in [-0.3, -0.25) is 0 Å². The first-order valence-corrected chi connectivity index (χ1v) is 9.32. The zero-order valence-electron chi connectivity index (χ0n) is 14.5. The Labute approximate surface area is 148 Å². The third-order valence-corrected chi connectivity index (χ3v) is 4.95. The minimum absolute atomic E-state index is 0.539. The molecule has 1 aliphatic heterocycles. The van der Waals surface area contributed by atoms with Crippen molar-refractivity contribution in [1.82, 2.24) is 15.3 Å². The molecule has 2 aromatic carbocycles. The summed E-state index contributed by atoms with van der Waals surface area (Å²) in [6.45, 7) is 1.18. The number of nitrogens with one attached hydrogen (secondary N) is 2. The van der Waals surface area contributed by atoms with E-state index in [2.05, 4.69) is 27.4 Å². The normalized spacial score (nSPS) is 18.2. The second-order valence-corrected chi connectivity index (χ2v) is 6.84. The molecule has 0 aliphatic carbocycles. The van der Waals surface area contributed by atoms with Gasteiger partial charge in [-0.1, -0.05) is 37.1 Å². The first-order chi connectivity index (χ1) is 12.4. The van der Waals surface area contributed by atoms with Crippen LogP contribution in [0.5, 0.6) is 11.8 Å². The zero-order chi connectivity index (χ0) is 16.9. The van der Waals surface area contributed by atoms with Crippen LogP contribution in [0, 0.1) is 0 Å². The van der Waals surface area contributed by atoms with Gasteiger partial charge in [-0.25, -0.2) is 0 Å². The minimum Gasteiger partial charge on any atom is -0.426 e. The van der Waals surface area contributed by atoms with Crippen LogP contribution in [0.2, 0.25) is 0 Å². The van der Waals surface area contributed by atoms with Crippen molar-refractivity contribution < 1.29 is 4.74 Å². The van der Waals surface area contributed by atoms with E-state index < -0.39 is 0 Å². The molecule has 1 aliphatic rings. The number of fused-ring (bicyclic) bond motifs is 1. The van der Waals surface area contributed by atoms with E-state index in [-0.39, 0.29) is 0 Å². The Morgan fingerprint density at radius 3 is 2.76 bits per heavy atom. The molecule has 1 aromatic heterocycles. The second-order valence-electron chi connectivity index (χ2n) is 6.84. The van der Waals surface area contributed by atoms with E-state index in [1.54, 1.807) is 0 Å². The number of hydrogen-bond donors (Lipinski definition) is 2. The number of H-pyrrole nitrogens is 1. The van der Waals surface area contributed by atoms with E-state index in [9.17, 15) is 0 Å². The van der Waals surface area contributed by atoms with E-state index in [1.807, 2.05) is 36.4 Å². The monoisotopic (exact) mass is 335 g/mol. The van der Waals surface area contributed by atoms with Crippen LogP contribution in [0.1, 0.15) is 37.7 Å². The SMILES string of the molecule is c1ccc2[nH]c(Oc3ccc(CCC4CCCCCN4)cc3)nc2c1. The second kappa shape index (κ2) is 7.70. The number of benzene rings is 2. The fraction of sp³-hybridized carbons (Fsp3) is 0.381. The molecule has 4 rings (SSSR count). The number of para-hydroxylation sites is 2. The molecule has 4 heteroatoms. The van der Waals surface area contributed by atoms with E-state index >= 15 is 0 Å². The average molecular weight is 335 g/mol. The lowest BCUT2D eigenvalue weighted by Gasteiger charge is -2.15. The number of hydrogen-bond acceptors (Lipinski definition) is 3. The summed E-state index contributed by atoms with van der Waals surface area (Å²) in [6, 6.07) is 17.5. The molecule has 130 valence electrons. The van der Waals surface area contributed by atoms with Crippen LogP contribution in [-0.4, -0.2) is 22.6 Å². The van der Waals surface area contributed by atoms with Crippen LogP contribution in [0.3, 0.4) is 0 Å². The fourth-order valence-corrected chi connectivity index (χ4v) is 3.50. The maximum atomic E-state index is 5.85. The largest absolute Gasteiger partial charge is 0.426 e. The standard InChI is InChI=1S/C21H25N3O/c1-2-6-17(22-15-5-1)12-9-16-10-13-18(14-11-16)25-21-23-19-7-3-4-8-20(19)24-21/h3-4,7-8,10-11,13-14,17,22H,1-2,5-6,9,12,15H2,(H,23,24). The lowest BCUT2D eigenvalue weighted by Crippen LogP contribution is -2.28. The Hall–Kier alpha value is -2.33. The quantitative estimate of drug-likeness (QED) is 0.703. The van der Waals surface area contributed by atoms with Gasteiger partial charge in [-0.05, 0) is 62.1 Å². The molecule has 1 fully saturated rings. The Kier molecular flexibility index (Phi) is 4.98. The van der Waals surface area contributed by atoms with Crippen molar-refractivity contribution in [2.24, 2.45) is 0 Å². The molecule has 0 radical (unpaired) electrons. The summed E-state index contributed by atoms with van der Waals surface area (Å²) in [7, 11) is 0. The minimum atomic E-state index is 0.539. The molecule has 25 heavy (non-hydrogen) atoms. The predicted octanol–water partition coefficient (Wildman–Crippen LogP) is 4.82. The van der Waals surface area contributed by atoms with Crippen LogP contribution in [-0.2, 0) is 6.42 Å². The molecule has 0 amide bonds. The predicted molar refractivity (Wildman–Crippen MR) is 101 cm³/mol. The summed E-state index contributed by atoms with van der Waals surface area (Å²) in [6.07, 6.45) is 7.70. The molecular weight excluding hydrogens is 310 g/mol. The van der Waals surface area contributed by atoms with Gasteiger partial charge < -0.3 is 15.0 Å². The molecule has 1 atom stereocenters. The number of ether oxygens (including phenoxy) is 1. The molecule has 0 spiro atoms. The first kappa shape index (κ1) is 16.2. The number of aromatic nitrogens is 2. The molecular formula is C21H25N3O. The summed E-state index contributed by atoms with van der Waals surface area (Å²) in [5.74, 6) is 0.815. The van der Waals surface area contributed by atoms with Gasteiger partial charge in [-0.2, -0.15) is 4.98 Å². The zero-order valence-corrected chi connectivity index (χ0v) is 14.5. The van der Waals surface area contributed by atoms with E-state index in [1.165, 1.54) is 44.2 Å². The van der Waals surface area contributed by atoms with Crippen LogP contribution in [0.4, 0.5) is 0 Å². The molecule has 0 saturated carbocycles. The Morgan fingerprint density at radius 1 is 1.00 bits per heavy atom. The van der Waals surface area contributed by atoms with Crippen LogP contribution >= 0.6 is 0 Å². The highest BCUT2D eigenvalue weighted by atomic mass is 16.5. The molecule has 3 aromatic rings. The number of aryl methyl sites for hydroxylation is 1. The summed E-state index contributed by atoms with van der Waals surface area (Å²) in [5.41, 5.74) is 3.28. The van der Waals surface area contributed by atoms with Crippen LogP contribution in [0.15, 0.2) is 48.5 Å². The Morgan fingerprint density at radius 2 is 1.88 bits per heavy atom. The summed E-state index contributed by atoms with van der Waals surface area (Å²) < 4.78 is 5.85. The number of aromatic amines is 1. The number of nitrogens with zero attached hydrogens (tertiary/aromatic N) is 1. The van der Waals surface area contributed by atoms with Gasteiger partial charge >= 0.3 is 0 Å². The van der Waals surface area contributed by atoms with Gasteiger partial charge in [0.15, 0.2) is 0 Å². The molecule has 0 bridgehead atoms. The van der Waals surface area contributed by atoms with Crippen molar-refractivity contribution in [2.45, 2.75) is 44.6 Å². The first-order valence-electron chi connectivity index (χ1n) is 9.32. The molecule has 2 N–H and O–H groups in total. The number of rotatable bonds is 5. The lowest BCUT2D eigenvalue weighted by molar-refractivity contribution is 0.449. The van der Waals surface area contributed by atoms with Crippen molar-refractivity contribution >= 4 is 11.0 Å². The Balaban J connectivity index is 1.34. The Bertz CT molecular complexity index is 768. The molecule has 1 saturated heterocycles. The third-order valence-electron chi connectivity index (χ3n) is 4.95. The van der Waals surface area contributed by atoms with E-state index in [4.69, 9.17) is 4.74 Å². The lowest BCUT2D eigenvalue weighted by atomic mass is 10.0. The van der Waals surface area contributed by atoms with Gasteiger partial charge in [0.1, 0.15) is 5.75 Å². The van der Waals surface area contributed by atoms with Crippen molar-refractivity contribution in [3.05, 3.63) is 54.1 Å². The topological polar surface area (TPSA) is 49.9 Å². The van der Waals surface area contributed by atoms with Crippen LogP contribution < -0.4 is 10.1 Å². The average Bonchev–Trinajstić information content (AvgIpc) is 2.86. The van der Waals surface area contributed by atoms with Crippen molar-refractivity contribution in [3.8, 4) is 11.8 Å². The highest BCUT2D eigenvalue weighted by molar-refractivity contribution is 5.75. The van der Waals surface area contributed by atoms with Gasteiger partial charge in [0, 0.05) is 6.04 Å². The maximum absolute atomic E-state index is 5.85. The molecule has 1 unspecified atom stereocenters. The van der Waals surface area contributed by atoms with Gasteiger partial charge in [0.05, 0.1) is 11.0 Å². The summed E-state index contributed by atoms with van der Waals surface area (Å²) >= 11 is 0. The molecule has 4 nitrogen and oxygen atoms in total. The third kappa shape index (κ3) is 4.20. The highest BCUT2D eigenvalue weighted by Gasteiger charge is 2.11. The highest BCUT2D eigenvalue weighted by Crippen LogP contribution is 2.23. The number of imidazole rings is 1. The smallest absolute Gasteiger partial charge is 0.300 e. The fourth-order valence-electron chi connectivity index (χ4n) is 3.50. The van der Waals surface area contributed by atoms with E-state index in [0.717, 1.165) is 23.2 Å². The van der Waals surface area contributed by atoms with Crippen molar-refractivity contribution in [2.75, 3.05) is 6.54 Å². The van der Waals surface area contributed by atoms with E-state index in [0.29, 0.717) is 12.1 Å². The van der Waals surface area contributed by atoms with Gasteiger partial charge in [0.25, 0.3) is 6.01 Å².